The van der Waals surface area contributed by atoms with Crippen molar-refractivity contribution in [3.8, 4) is 0 Å². The summed E-state index contributed by atoms with van der Waals surface area (Å²) in [5.74, 6) is -1.76. The average Bonchev–Trinajstić information content (AvgIpc) is 2.84. The Hall–Kier alpha value is -2.28. The Morgan fingerprint density at radius 3 is 2.59 bits per heavy atom. The quantitative estimate of drug-likeness (QED) is 0.906. The van der Waals surface area contributed by atoms with Crippen LogP contribution in [0.15, 0.2) is 18.2 Å². The number of nitrogens with one attached hydrogen (secondary N) is 1. The van der Waals surface area contributed by atoms with E-state index in [1.165, 1.54) is 18.2 Å². The van der Waals surface area contributed by atoms with Gasteiger partial charge in [-0.1, -0.05) is 0 Å². The molecule has 1 aromatic carbocycles. The number of rotatable bonds is 4. The lowest BCUT2D eigenvalue weighted by Gasteiger charge is -2.11. The third kappa shape index (κ3) is 3.30. The zero-order chi connectivity index (χ0) is 16.4. The summed E-state index contributed by atoms with van der Waals surface area (Å²) in [6.07, 6.45) is 0. The number of thiazole rings is 1. The first-order valence-electron chi connectivity index (χ1n) is 6.57. The monoisotopic (exact) mass is 322 g/mol. The molecule has 1 amide bonds. The molecule has 1 heterocycles. The lowest BCUT2D eigenvalue weighted by Crippen LogP contribution is -2.26. The third-order valence-corrected chi connectivity index (χ3v) is 4.47. The van der Waals surface area contributed by atoms with Gasteiger partial charge in [-0.25, -0.2) is 14.2 Å². The first-order chi connectivity index (χ1) is 10.3. The predicted octanol–water partition coefficient (Wildman–Crippen LogP) is 3.09. The van der Waals surface area contributed by atoms with Crippen LogP contribution in [-0.4, -0.2) is 22.0 Å². The second kappa shape index (κ2) is 6.23. The molecular weight excluding hydrogens is 307 g/mol. The summed E-state index contributed by atoms with van der Waals surface area (Å²) >= 11 is 1.03. The van der Waals surface area contributed by atoms with E-state index in [0.717, 1.165) is 11.3 Å². The summed E-state index contributed by atoms with van der Waals surface area (Å²) in [7, 11) is 0. The number of carbonyl (C=O) groups is 2. The molecule has 2 N–H and O–H groups in total. The molecule has 22 heavy (non-hydrogen) atoms. The lowest BCUT2D eigenvalue weighted by molar-refractivity contribution is 0.0701. The van der Waals surface area contributed by atoms with Crippen LogP contribution < -0.4 is 5.32 Å². The molecule has 5 nitrogen and oxygen atoms in total. The molecule has 0 bridgehead atoms. The number of carboxylic acids is 1. The zero-order valence-electron chi connectivity index (χ0n) is 12.3. The molecule has 116 valence electrons. The second-order valence-corrected chi connectivity index (χ2v) is 5.96. The van der Waals surface area contributed by atoms with Gasteiger partial charge in [0.25, 0.3) is 5.91 Å². The highest BCUT2D eigenvalue weighted by atomic mass is 32.1. The number of hydrogen-bond acceptors (Lipinski definition) is 4. The smallest absolute Gasteiger partial charge is 0.347 e. The van der Waals surface area contributed by atoms with Crippen LogP contribution >= 0.6 is 11.3 Å². The van der Waals surface area contributed by atoms with E-state index in [4.69, 9.17) is 5.11 Å². The van der Waals surface area contributed by atoms with Crippen LogP contribution in [0.3, 0.4) is 0 Å². The van der Waals surface area contributed by atoms with Crippen LogP contribution in [0.1, 0.15) is 49.3 Å². The average molecular weight is 322 g/mol. The fraction of sp³-hybridized carbons (Fsp3) is 0.267. The van der Waals surface area contributed by atoms with E-state index in [1.54, 1.807) is 20.8 Å². The van der Waals surface area contributed by atoms with Crippen molar-refractivity contribution in [1.29, 1.82) is 0 Å². The molecule has 0 spiro atoms. The minimum Gasteiger partial charge on any atom is -0.477 e. The maximum absolute atomic E-state index is 13.2. The molecule has 0 aliphatic carbocycles. The van der Waals surface area contributed by atoms with Crippen molar-refractivity contribution in [2.75, 3.05) is 0 Å². The van der Waals surface area contributed by atoms with Crippen molar-refractivity contribution in [1.82, 2.24) is 10.3 Å². The molecule has 0 saturated carbocycles. The van der Waals surface area contributed by atoms with Crippen molar-refractivity contribution in [2.45, 2.75) is 26.8 Å². The number of aromatic nitrogens is 1. The van der Waals surface area contributed by atoms with Gasteiger partial charge >= 0.3 is 5.97 Å². The van der Waals surface area contributed by atoms with Crippen LogP contribution in [0.5, 0.6) is 0 Å². The van der Waals surface area contributed by atoms with Crippen molar-refractivity contribution in [2.24, 2.45) is 0 Å². The summed E-state index contributed by atoms with van der Waals surface area (Å²) in [5, 5.41) is 12.3. The Labute approximate surface area is 130 Å². The number of aromatic carboxylic acids is 1. The highest BCUT2D eigenvalue weighted by molar-refractivity contribution is 7.13. The molecule has 0 unspecified atom stereocenters. The summed E-state index contributed by atoms with van der Waals surface area (Å²) in [4.78, 5) is 27.5. The summed E-state index contributed by atoms with van der Waals surface area (Å²) in [6, 6.07) is 3.67. The Balaban J connectivity index is 2.15. The van der Waals surface area contributed by atoms with Gasteiger partial charge in [0.15, 0.2) is 0 Å². The first-order valence-corrected chi connectivity index (χ1v) is 7.39. The molecule has 0 fully saturated rings. The number of carbonyl (C=O) groups excluding carboxylic acids is 1. The molecule has 1 atom stereocenters. The molecule has 2 rings (SSSR count). The molecule has 0 aliphatic rings. The van der Waals surface area contributed by atoms with Crippen molar-refractivity contribution in [3.05, 3.63) is 50.7 Å². The van der Waals surface area contributed by atoms with E-state index in [1.807, 2.05) is 0 Å². The molecule has 0 saturated heterocycles. The zero-order valence-corrected chi connectivity index (χ0v) is 13.1. The number of halogens is 1. The van der Waals surface area contributed by atoms with Crippen LogP contribution in [0.2, 0.25) is 0 Å². The molecule has 7 heteroatoms. The third-order valence-electron chi connectivity index (χ3n) is 3.15. The van der Waals surface area contributed by atoms with Crippen LogP contribution in [0.4, 0.5) is 4.39 Å². The number of amides is 1. The van der Waals surface area contributed by atoms with E-state index in [0.29, 0.717) is 21.8 Å². The Morgan fingerprint density at radius 1 is 1.36 bits per heavy atom. The number of carboxylic acid groups (broad SMARTS) is 1. The van der Waals surface area contributed by atoms with Gasteiger partial charge in [0.1, 0.15) is 15.7 Å². The van der Waals surface area contributed by atoms with E-state index < -0.39 is 12.0 Å². The van der Waals surface area contributed by atoms with Crippen LogP contribution in [-0.2, 0) is 0 Å². The normalized spacial score (nSPS) is 12.0. The number of nitrogens with zero attached hydrogens (tertiary/aromatic N) is 1. The second-order valence-electron chi connectivity index (χ2n) is 4.93. The SMILES string of the molecule is Cc1cc(C(=O)N[C@H](C)c2nc(C)c(C(=O)O)s2)ccc1F. The summed E-state index contributed by atoms with van der Waals surface area (Å²) in [6.45, 7) is 4.92. The van der Waals surface area contributed by atoms with Gasteiger partial charge in [0.05, 0.1) is 11.7 Å². The maximum atomic E-state index is 13.2. The number of hydrogen-bond donors (Lipinski definition) is 2. The highest BCUT2D eigenvalue weighted by Gasteiger charge is 2.19. The predicted molar refractivity (Wildman–Crippen MR) is 80.8 cm³/mol. The van der Waals surface area contributed by atoms with E-state index in [2.05, 4.69) is 10.3 Å². The largest absolute Gasteiger partial charge is 0.477 e. The molecule has 2 aromatic rings. The number of aryl methyl sites for hydroxylation is 2. The molecular formula is C15H15FN2O3S. The summed E-state index contributed by atoms with van der Waals surface area (Å²) < 4.78 is 13.2. The maximum Gasteiger partial charge on any atom is 0.347 e. The van der Waals surface area contributed by atoms with Gasteiger partial charge < -0.3 is 10.4 Å². The van der Waals surface area contributed by atoms with E-state index in [9.17, 15) is 14.0 Å². The van der Waals surface area contributed by atoms with Crippen LogP contribution in [0, 0.1) is 19.7 Å². The van der Waals surface area contributed by atoms with Gasteiger partial charge in [-0.3, -0.25) is 4.79 Å². The lowest BCUT2D eigenvalue weighted by atomic mass is 10.1. The van der Waals surface area contributed by atoms with Crippen LogP contribution in [0.25, 0.3) is 0 Å². The van der Waals surface area contributed by atoms with Crippen molar-refractivity contribution < 1.29 is 19.1 Å². The molecule has 1 aromatic heterocycles. The Morgan fingerprint density at radius 2 is 2.05 bits per heavy atom. The van der Waals surface area contributed by atoms with Crippen molar-refractivity contribution in [3.63, 3.8) is 0 Å². The fourth-order valence-electron chi connectivity index (χ4n) is 1.93. The number of benzene rings is 1. The Bertz CT molecular complexity index is 742. The summed E-state index contributed by atoms with van der Waals surface area (Å²) in [5.41, 5.74) is 1.15. The van der Waals surface area contributed by atoms with Gasteiger partial charge in [-0.15, -0.1) is 11.3 Å². The molecule has 0 aliphatic heterocycles. The standard InChI is InChI=1S/C15H15FN2O3S/c1-7-6-10(4-5-11(7)16)13(19)17-9(3)14-18-8(2)12(22-14)15(20)21/h4-6,9H,1-3H3,(H,17,19)(H,20,21)/t9-/m1/s1. The van der Waals surface area contributed by atoms with E-state index >= 15 is 0 Å². The first kappa shape index (κ1) is 16.1. The van der Waals surface area contributed by atoms with Crippen molar-refractivity contribution >= 4 is 23.2 Å². The minimum atomic E-state index is -1.03. The highest BCUT2D eigenvalue weighted by Crippen LogP contribution is 2.24. The minimum absolute atomic E-state index is 0.161. The van der Waals surface area contributed by atoms with Gasteiger partial charge in [-0.2, -0.15) is 0 Å². The van der Waals surface area contributed by atoms with Gasteiger partial charge in [0, 0.05) is 5.56 Å². The topological polar surface area (TPSA) is 79.3 Å². The van der Waals surface area contributed by atoms with Gasteiger partial charge in [0.2, 0.25) is 0 Å². The molecule has 0 radical (unpaired) electrons. The Kier molecular flexibility index (Phi) is 4.56. The fourth-order valence-corrected chi connectivity index (χ4v) is 2.84. The van der Waals surface area contributed by atoms with E-state index in [-0.39, 0.29) is 16.6 Å². The van der Waals surface area contributed by atoms with Gasteiger partial charge in [-0.05, 0) is 44.5 Å².